The summed E-state index contributed by atoms with van der Waals surface area (Å²) in [6, 6.07) is 4.57. The topological polar surface area (TPSA) is 63.6 Å². The number of hydrogen-bond acceptors (Lipinski definition) is 4. The Bertz CT molecular complexity index is 477. The van der Waals surface area contributed by atoms with E-state index in [1.807, 2.05) is 0 Å². The molecule has 1 aromatic rings. The molecule has 0 bridgehead atoms. The van der Waals surface area contributed by atoms with Crippen molar-refractivity contribution in [1.29, 1.82) is 0 Å². The summed E-state index contributed by atoms with van der Waals surface area (Å²) in [6.45, 7) is 6.14. The van der Waals surface area contributed by atoms with E-state index in [1.165, 1.54) is 12.1 Å². The number of carbonyl (C=O) groups excluding carboxylic acids is 2. The van der Waals surface area contributed by atoms with Gasteiger partial charge in [0.2, 0.25) is 0 Å². The highest BCUT2D eigenvalue weighted by atomic mass is 16.5. The normalized spacial score (nSPS) is 10.6. The molecule has 0 amide bonds. The maximum Gasteiger partial charge on any atom is 0.173 e. The Morgan fingerprint density at radius 1 is 1.30 bits per heavy atom. The lowest BCUT2D eigenvalue weighted by molar-refractivity contribution is -0.121. The monoisotopic (exact) mass is 278 g/mol. The van der Waals surface area contributed by atoms with E-state index in [0.29, 0.717) is 12.4 Å². The van der Waals surface area contributed by atoms with Crippen LogP contribution in [0.4, 0.5) is 0 Å². The van der Waals surface area contributed by atoms with E-state index in [1.54, 1.807) is 19.9 Å². The SMILES string of the molecule is CCCCOc1ccc(C(=O)CC(=O)C(C)C)c(O)c1. The van der Waals surface area contributed by atoms with Crippen LogP contribution >= 0.6 is 0 Å². The van der Waals surface area contributed by atoms with Gasteiger partial charge in [0, 0.05) is 12.0 Å². The number of phenolic OH excluding ortho intramolecular Hbond substituents is 1. The number of carbonyl (C=O) groups is 2. The molecule has 0 heterocycles. The molecule has 0 saturated heterocycles. The summed E-state index contributed by atoms with van der Waals surface area (Å²) in [5.41, 5.74) is 0.168. The van der Waals surface area contributed by atoms with Crippen LogP contribution in [0.3, 0.4) is 0 Å². The summed E-state index contributed by atoms with van der Waals surface area (Å²) < 4.78 is 5.44. The first-order valence-corrected chi connectivity index (χ1v) is 6.97. The summed E-state index contributed by atoms with van der Waals surface area (Å²) in [5, 5.41) is 9.86. The molecule has 1 rings (SSSR count). The molecule has 0 saturated carbocycles. The first-order chi connectivity index (χ1) is 9.45. The second kappa shape index (κ2) is 7.68. The van der Waals surface area contributed by atoms with Crippen LogP contribution in [0.5, 0.6) is 11.5 Å². The van der Waals surface area contributed by atoms with Gasteiger partial charge in [-0.2, -0.15) is 0 Å². The molecule has 1 aromatic carbocycles. The molecule has 0 unspecified atom stereocenters. The quantitative estimate of drug-likeness (QED) is 0.450. The molecule has 4 heteroatoms. The van der Waals surface area contributed by atoms with Gasteiger partial charge in [-0.25, -0.2) is 0 Å². The minimum atomic E-state index is -0.360. The molecule has 4 nitrogen and oxygen atoms in total. The number of aromatic hydroxyl groups is 1. The van der Waals surface area contributed by atoms with Crippen molar-refractivity contribution in [3.8, 4) is 11.5 Å². The third-order valence-electron chi connectivity index (χ3n) is 3.01. The van der Waals surface area contributed by atoms with Crippen LogP contribution in [0, 0.1) is 5.92 Å². The fraction of sp³-hybridized carbons (Fsp3) is 0.500. The van der Waals surface area contributed by atoms with Crippen molar-refractivity contribution in [2.75, 3.05) is 6.61 Å². The van der Waals surface area contributed by atoms with Crippen LogP contribution in [0.2, 0.25) is 0 Å². The number of ketones is 2. The second-order valence-corrected chi connectivity index (χ2v) is 5.10. The van der Waals surface area contributed by atoms with Crippen LogP contribution in [-0.4, -0.2) is 23.3 Å². The molecule has 0 atom stereocenters. The van der Waals surface area contributed by atoms with Gasteiger partial charge < -0.3 is 9.84 Å². The molecular formula is C16H22O4. The van der Waals surface area contributed by atoms with E-state index in [9.17, 15) is 14.7 Å². The summed E-state index contributed by atoms with van der Waals surface area (Å²) in [6.07, 6.45) is 1.78. The Labute approximate surface area is 119 Å². The minimum absolute atomic E-state index is 0.127. The predicted molar refractivity (Wildman–Crippen MR) is 77.3 cm³/mol. The third kappa shape index (κ3) is 4.68. The molecule has 0 aliphatic carbocycles. The zero-order chi connectivity index (χ0) is 15.1. The third-order valence-corrected chi connectivity index (χ3v) is 3.01. The van der Waals surface area contributed by atoms with Gasteiger partial charge in [0.25, 0.3) is 0 Å². The fourth-order valence-electron chi connectivity index (χ4n) is 1.63. The number of hydrogen-bond donors (Lipinski definition) is 1. The second-order valence-electron chi connectivity index (χ2n) is 5.10. The van der Waals surface area contributed by atoms with Crippen LogP contribution in [-0.2, 0) is 4.79 Å². The van der Waals surface area contributed by atoms with Crippen molar-refractivity contribution >= 4 is 11.6 Å². The van der Waals surface area contributed by atoms with E-state index in [0.717, 1.165) is 12.8 Å². The molecular weight excluding hydrogens is 256 g/mol. The van der Waals surface area contributed by atoms with Crippen LogP contribution in [0.15, 0.2) is 18.2 Å². The molecule has 0 aromatic heterocycles. The number of benzene rings is 1. The van der Waals surface area contributed by atoms with E-state index >= 15 is 0 Å². The molecule has 0 radical (unpaired) electrons. The zero-order valence-electron chi connectivity index (χ0n) is 12.3. The first-order valence-electron chi connectivity index (χ1n) is 6.97. The minimum Gasteiger partial charge on any atom is -0.507 e. The van der Waals surface area contributed by atoms with Crippen molar-refractivity contribution in [2.24, 2.45) is 5.92 Å². The summed E-state index contributed by atoms with van der Waals surface area (Å²) in [5.74, 6) is -0.278. The van der Waals surface area contributed by atoms with Crippen LogP contribution < -0.4 is 4.74 Å². The fourth-order valence-corrected chi connectivity index (χ4v) is 1.63. The largest absolute Gasteiger partial charge is 0.507 e. The predicted octanol–water partition coefficient (Wildman–Crippen LogP) is 3.37. The van der Waals surface area contributed by atoms with Gasteiger partial charge in [-0.05, 0) is 18.6 Å². The average molecular weight is 278 g/mol. The number of Topliss-reactive ketones (excluding diaryl/α,β-unsaturated/α-hetero) is 2. The molecule has 110 valence electrons. The Hall–Kier alpha value is -1.84. The standard InChI is InChI=1S/C16H22O4/c1-4-5-8-20-12-6-7-13(15(18)9-12)16(19)10-14(17)11(2)3/h6-7,9,11,18H,4-5,8,10H2,1-3H3. The van der Waals surface area contributed by atoms with Crippen molar-refractivity contribution in [2.45, 2.75) is 40.0 Å². The van der Waals surface area contributed by atoms with Crippen LogP contribution in [0.25, 0.3) is 0 Å². The van der Waals surface area contributed by atoms with E-state index in [-0.39, 0.29) is 35.2 Å². The Morgan fingerprint density at radius 3 is 2.55 bits per heavy atom. The van der Waals surface area contributed by atoms with Gasteiger partial charge >= 0.3 is 0 Å². The highest BCUT2D eigenvalue weighted by molar-refractivity contribution is 6.09. The Balaban J connectivity index is 2.72. The average Bonchev–Trinajstić information content (AvgIpc) is 2.38. The molecule has 0 aliphatic rings. The van der Waals surface area contributed by atoms with Crippen molar-refractivity contribution < 1.29 is 19.4 Å². The van der Waals surface area contributed by atoms with Crippen molar-refractivity contribution in [3.63, 3.8) is 0 Å². The molecule has 0 fully saturated rings. The lowest BCUT2D eigenvalue weighted by Crippen LogP contribution is -2.13. The lowest BCUT2D eigenvalue weighted by atomic mass is 9.99. The smallest absolute Gasteiger partial charge is 0.173 e. The summed E-state index contributed by atoms with van der Waals surface area (Å²) in [7, 11) is 0. The maximum absolute atomic E-state index is 11.9. The first kappa shape index (κ1) is 16.2. The molecule has 0 aliphatic heterocycles. The van der Waals surface area contributed by atoms with Gasteiger partial charge in [0.15, 0.2) is 5.78 Å². The number of ether oxygens (including phenoxy) is 1. The highest BCUT2D eigenvalue weighted by Crippen LogP contribution is 2.25. The number of rotatable bonds is 8. The number of phenols is 1. The molecule has 1 N–H and O–H groups in total. The molecule has 0 spiro atoms. The van der Waals surface area contributed by atoms with Gasteiger partial charge in [-0.3, -0.25) is 9.59 Å². The van der Waals surface area contributed by atoms with E-state index in [4.69, 9.17) is 4.74 Å². The highest BCUT2D eigenvalue weighted by Gasteiger charge is 2.17. The van der Waals surface area contributed by atoms with Gasteiger partial charge in [0.05, 0.1) is 18.6 Å². The van der Waals surface area contributed by atoms with Gasteiger partial charge in [0.1, 0.15) is 17.3 Å². The van der Waals surface area contributed by atoms with E-state index in [2.05, 4.69) is 6.92 Å². The Morgan fingerprint density at radius 2 is 2.00 bits per heavy atom. The van der Waals surface area contributed by atoms with Crippen LogP contribution in [0.1, 0.15) is 50.4 Å². The lowest BCUT2D eigenvalue weighted by Gasteiger charge is -2.09. The van der Waals surface area contributed by atoms with Crippen molar-refractivity contribution in [3.05, 3.63) is 23.8 Å². The summed E-state index contributed by atoms with van der Waals surface area (Å²) in [4.78, 5) is 23.5. The Kier molecular flexibility index (Phi) is 6.22. The van der Waals surface area contributed by atoms with E-state index < -0.39 is 0 Å². The van der Waals surface area contributed by atoms with Gasteiger partial charge in [-0.15, -0.1) is 0 Å². The number of unbranched alkanes of at least 4 members (excludes halogenated alkanes) is 1. The summed E-state index contributed by atoms with van der Waals surface area (Å²) >= 11 is 0. The van der Waals surface area contributed by atoms with Crippen molar-refractivity contribution in [1.82, 2.24) is 0 Å². The zero-order valence-corrected chi connectivity index (χ0v) is 12.3. The van der Waals surface area contributed by atoms with Gasteiger partial charge in [-0.1, -0.05) is 27.2 Å². The maximum atomic E-state index is 11.9. The molecule has 20 heavy (non-hydrogen) atoms.